The Morgan fingerprint density at radius 3 is 2.64 bits per heavy atom. The van der Waals surface area contributed by atoms with Crippen LogP contribution >= 0.6 is 0 Å². The maximum atomic E-state index is 5.73. The molecule has 1 atom stereocenters. The molecule has 0 saturated carbocycles. The molecule has 1 unspecified atom stereocenters. The van der Waals surface area contributed by atoms with E-state index in [-0.39, 0.29) is 0 Å². The van der Waals surface area contributed by atoms with Gasteiger partial charge in [0.05, 0.1) is 0 Å². The Balaban J connectivity index is 2.52. The Morgan fingerprint density at radius 1 is 1.50 bits per heavy atom. The summed E-state index contributed by atoms with van der Waals surface area (Å²) in [5, 5.41) is 7.93. The van der Waals surface area contributed by atoms with Crippen molar-refractivity contribution in [2.75, 3.05) is 6.54 Å². The lowest BCUT2D eigenvalue weighted by Gasteiger charge is -2.15. The highest BCUT2D eigenvalue weighted by molar-refractivity contribution is 4.87. The molecule has 1 rings (SSSR count). The van der Waals surface area contributed by atoms with Crippen LogP contribution in [0.5, 0.6) is 0 Å². The van der Waals surface area contributed by atoms with E-state index in [4.69, 9.17) is 5.73 Å². The molecule has 0 aromatic carbocycles. The Morgan fingerprint density at radius 2 is 2.21 bits per heavy atom. The maximum absolute atomic E-state index is 5.73. The summed E-state index contributed by atoms with van der Waals surface area (Å²) in [5.41, 5.74) is 5.73. The van der Waals surface area contributed by atoms with Crippen LogP contribution in [-0.2, 0) is 13.5 Å². The van der Waals surface area contributed by atoms with Gasteiger partial charge in [-0.2, -0.15) is 0 Å². The molecular formula is C10H20N4. The van der Waals surface area contributed by atoms with E-state index in [1.807, 2.05) is 11.6 Å². The molecule has 1 aromatic rings. The third kappa shape index (κ3) is 3.10. The summed E-state index contributed by atoms with van der Waals surface area (Å²) < 4.78 is 1.96. The lowest BCUT2D eigenvalue weighted by molar-refractivity contribution is 0.405. The van der Waals surface area contributed by atoms with Gasteiger partial charge in [-0.3, -0.25) is 0 Å². The summed E-state index contributed by atoms with van der Waals surface area (Å²) in [5.74, 6) is 2.25. The zero-order valence-electron chi connectivity index (χ0n) is 9.27. The van der Waals surface area contributed by atoms with Crippen molar-refractivity contribution in [1.82, 2.24) is 14.8 Å². The molecule has 0 radical (unpaired) electrons. The number of rotatable bonds is 5. The molecule has 2 N–H and O–H groups in total. The number of aryl methyl sites for hydroxylation is 1. The van der Waals surface area contributed by atoms with Crippen molar-refractivity contribution in [3.8, 4) is 0 Å². The van der Waals surface area contributed by atoms with Gasteiger partial charge in [-0.15, -0.1) is 10.2 Å². The van der Waals surface area contributed by atoms with Gasteiger partial charge in [0.25, 0.3) is 0 Å². The second-order valence-electron chi connectivity index (χ2n) is 4.29. The normalized spacial score (nSPS) is 13.5. The number of hydrogen-bond donors (Lipinski definition) is 1. The summed E-state index contributed by atoms with van der Waals surface area (Å²) in [6, 6.07) is 0. The van der Waals surface area contributed by atoms with Crippen LogP contribution in [0.2, 0.25) is 0 Å². The molecule has 0 fully saturated rings. The van der Waals surface area contributed by atoms with Crippen molar-refractivity contribution in [2.45, 2.75) is 26.7 Å². The smallest absolute Gasteiger partial charge is 0.132 e. The zero-order chi connectivity index (χ0) is 10.6. The number of nitrogens with zero attached hydrogens (tertiary/aromatic N) is 3. The minimum Gasteiger partial charge on any atom is -0.330 e. The highest BCUT2D eigenvalue weighted by atomic mass is 15.2. The Bertz CT molecular complexity index is 267. The van der Waals surface area contributed by atoms with E-state index in [1.54, 1.807) is 6.33 Å². The van der Waals surface area contributed by atoms with Gasteiger partial charge < -0.3 is 10.3 Å². The van der Waals surface area contributed by atoms with Gasteiger partial charge in [0, 0.05) is 13.5 Å². The second-order valence-corrected chi connectivity index (χ2v) is 4.29. The third-order valence-electron chi connectivity index (χ3n) is 2.41. The van der Waals surface area contributed by atoms with E-state index in [1.165, 1.54) is 0 Å². The molecule has 0 aliphatic rings. The summed E-state index contributed by atoms with van der Waals surface area (Å²) in [7, 11) is 1.97. The van der Waals surface area contributed by atoms with E-state index in [0.29, 0.717) is 11.8 Å². The van der Waals surface area contributed by atoms with Crippen molar-refractivity contribution >= 4 is 0 Å². The molecule has 4 heteroatoms. The van der Waals surface area contributed by atoms with Crippen LogP contribution in [0.3, 0.4) is 0 Å². The molecule has 0 bridgehead atoms. The first kappa shape index (κ1) is 11.2. The molecule has 0 amide bonds. The fourth-order valence-electron chi connectivity index (χ4n) is 1.68. The number of aromatic nitrogens is 3. The van der Waals surface area contributed by atoms with Gasteiger partial charge in [-0.1, -0.05) is 13.8 Å². The molecular weight excluding hydrogens is 176 g/mol. The Hall–Kier alpha value is -0.900. The van der Waals surface area contributed by atoms with E-state index in [2.05, 4.69) is 24.0 Å². The van der Waals surface area contributed by atoms with E-state index in [9.17, 15) is 0 Å². The van der Waals surface area contributed by atoms with E-state index < -0.39 is 0 Å². The van der Waals surface area contributed by atoms with Crippen molar-refractivity contribution in [3.05, 3.63) is 12.2 Å². The lowest BCUT2D eigenvalue weighted by atomic mass is 9.94. The monoisotopic (exact) mass is 196 g/mol. The average Bonchev–Trinajstić information content (AvgIpc) is 2.50. The van der Waals surface area contributed by atoms with Crippen LogP contribution in [0.15, 0.2) is 6.33 Å². The second kappa shape index (κ2) is 5.10. The number of nitrogens with two attached hydrogens (primary N) is 1. The molecule has 0 saturated heterocycles. The minimum atomic E-state index is 0.526. The third-order valence-corrected chi connectivity index (χ3v) is 2.41. The van der Waals surface area contributed by atoms with Gasteiger partial charge in [0.1, 0.15) is 12.2 Å². The van der Waals surface area contributed by atoms with Gasteiger partial charge in [0.2, 0.25) is 0 Å². The molecule has 4 nitrogen and oxygen atoms in total. The van der Waals surface area contributed by atoms with Gasteiger partial charge in [-0.05, 0) is 24.8 Å². The summed E-state index contributed by atoms with van der Waals surface area (Å²) >= 11 is 0. The first-order chi connectivity index (χ1) is 6.63. The Kier molecular flexibility index (Phi) is 4.07. The van der Waals surface area contributed by atoms with E-state index in [0.717, 1.165) is 25.2 Å². The topological polar surface area (TPSA) is 56.7 Å². The summed E-state index contributed by atoms with van der Waals surface area (Å²) in [6.07, 6.45) is 3.83. The van der Waals surface area contributed by atoms with E-state index >= 15 is 0 Å². The summed E-state index contributed by atoms with van der Waals surface area (Å²) in [4.78, 5) is 0. The van der Waals surface area contributed by atoms with Crippen molar-refractivity contribution in [3.63, 3.8) is 0 Å². The average molecular weight is 196 g/mol. The van der Waals surface area contributed by atoms with Gasteiger partial charge in [-0.25, -0.2) is 0 Å². The van der Waals surface area contributed by atoms with Crippen LogP contribution in [0.25, 0.3) is 0 Å². The predicted octanol–water partition coefficient (Wildman–Crippen LogP) is 0.979. The number of hydrogen-bond acceptors (Lipinski definition) is 3. The van der Waals surface area contributed by atoms with Crippen molar-refractivity contribution in [1.29, 1.82) is 0 Å². The fourth-order valence-corrected chi connectivity index (χ4v) is 1.68. The highest BCUT2D eigenvalue weighted by Gasteiger charge is 2.12. The molecule has 1 aromatic heterocycles. The first-order valence-corrected chi connectivity index (χ1v) is 5.16. The SMILES string of the molecule is CC(C)CC(CN)Cc1nncn1C. The Labute approximate surface area is 85.5 Å². The molecule has 0 aliphatic carbocycles. The van der Waals surface area contributed by atoms with Crippen LogP contribution in [0.4, 0.5) is 0 Å². The molecule has 14 heavy (non-hydrogen) atoms. The van der Waals surface area contributed by atoms with Crippen molar-refractivity contribution < 1.29 is 0 Å². The largest absolute Gasteiger partial charge is 0.330 e. The first-order valence-electron chi connectivity index (χ1n) is 5.16. The van der Waals surface area contributed by atoms with Crippen LogP contribution in [-0.4, -0.2) is 21.3 Å². The van der Waals surface area contributed by atoms with Crippen molar-refractivity contribution in [2.24, 2.45) is 24.6 Å². The van der Waals surface area contributed by atoms with Crippen LogP contribution in [0, 0.1) is 11.8 Å². The highest BCUT2D eigenvalue weighted by Crippen LogP contribution is 2.14. The molecule has 0 aliphatic heterocycles. The maximum Gasteiger partial charge on any atom is 0.132 e. The van der Waals surface area contributed by atoms with Gasteiger partial charge in [0.15, 0.2) is 0 Å². The lowest BCUT2D eigenvalue weighted by Crippen LogP contribution is -2.20. The fraction of sp³-hybridized carbons (Fsp3) is 0.800. The molecule has 1 heterocycles. The van der Waals surface area contributed by atoms with Gasteiger partial charge >= 0.3 is 0 Å². The quantitative estimate of drug-likeness (QED) is 0.763. The molecule has 0 spiro atoms. The minimum absolute atomic E-state index is 0.526. The standard InChI is InChI=1S/C10H20N4/c1-8(2)4-9(6-11)5-10-13-12-7-14(10)3/h7-9H,4-6,11H2,1-3H3. The molecule has 80 valence electrons. The van der Waals surface area contributed by atoms with Crippen LogP contribution < -0.4 is 5.73 Å². The predicted molar refractivity (Wildman–Crippen MR) is 56.7 cm³/mol. The summed E-state index contributed by atoms with van der Waals surface area (Å²) in [6.45, 7) is 5.17. The van der Waals surface area contributed by atoms with Crippen LogP contribution in [0.1, 0.15) is 26.1 Å². The zero-order valence-corrected chi connectivity index (χ0v) is 9.27.